The fourth-order valence-electron chi connectivity index (χ4n) is 7.51. The molecule has 0 amide bonds. The summed E-state index contributed by atoms with van der Waals surface area (Å²) in [6.07, 6.45) is 0. The lowest BCUT2D eigenvalue weighted by Gasteiger charge is -2.10. The summed E-state index contributed by atoms with van der Waals surface area (Å²) in [7, 11) is 0. The lowest BCUT2D eigenvalue weighted by molar-refractivity contribution is 0.669. The van der Waals surface area contributed by atoms with E-state index in [0.29, 0.717) is 17.5 Å². The molecule has 0 fully saturated rings. The van der Waals surface area contributed by atoms with Crippen LogP contribution < -0.4 is 0 Å². The fourth-order valence-corrected chi connectivity index (χ4v) is 8.83. The van der Waals surface area contributed by atoms with E-state index < -0.39 is 0 Å². The third-order valence-corrected chi connectivity index (χ3v) is 11.2. The van der Waals surface area contributed by atoms with E-state index in [-0.39, 0.29) is 0 Å². The monoisotopic (exact) mass is 697 g/mol. The van der Waals surface area contributed by atoms with E-state index in [9.17, 15) is 0 Å². The largest absolute Gasteiger partial charge is 0.456 e. The molecule has 248 valence electrons. The Kier molecular flexibility index (Phi) is 6.62. The predicted molar refractivity (Wildman–Crippen MR) is 216 cm³/mol. The van der Waals surface area contributed by atoms with Crippen LogP contribution in [0.5, 0.6) is 0 Å². The highest BCUT2D eigenvalue weighted by molar-refractivity contribution is 7.26. The van der Waals surface area contributed by atoms with Crippen LogP contribution in [0.1, 0.15) is 0 Å². The Morgan fingerprint density at radius 2 is 1.02 bits per heavy atom. The molecule has 7 heteroatoms. The highest BCUT2D eigenvalue weighted by Crippen LogP contribution is 2.44. The van der Waals surface area contributed by atoms with Gasteiger partial charge in [-0.05, 0) is 48.5 Å². The molecule has 6 nitrogen and oxygen atoms in total. The minimum absolute atomic E-state index is 0.599. The van der Waals surface area contributed by atoms with E-state index >= 15 is 0 Å². The quantitative estimate of drug-likeness (QED) is 0.179. The summed E-state index contributed by atoms with van der Waals surface area (Å²) in [5.74, 6) is 2.74. The van der Waals surface area contributed by atoms with Gasteiger partial charge in [-0.1, -0.05) is 115 Å². The number of para-hydroxylation sites is 4. The van der Waals surface area contributed by atoms with Crippen molar-refractivity contribution in [2.45, 2.75) is 0 Å². The third kappa shape index (κ3) is 4.71. The zero-order valence-electron chi connectivity index (χ0n) is 28.1. The van der Waals surface area contributed by atoms with Crippen molar-refractivity contribution < 1.29 is 4.42 Å². The average molecular weight is 698 g/mol. The van der Waals surface area contributed by atoms with Crippen LogP contribution in [0, 0.1) is 0 Å². The maximum atomic E-state index is 6.26. The molecule has 53 heavy (non-hydrogen) atoms. The lowest BCUT2D eigenvalue weighted by atomic mass is 10.0. The molecule has 0 aliphatic rings. The number of furan rings is 1. The number of nitrogens with zero attached hydrogens (tertiary/aromatic N) is 5. The van der Waals surface area contributed by atoms with Crippen molar-refractivity contribution in [1.82, 2.24) is 24.5 Å². The fraction of sp³-hybridized carbons (Fsp3) is 0. The average Bonchev–Trinajstić information content (AvgIpc) is 3.93. The van der Waals surface area contributed by atoms with Crippen molar-refractivity contribution in [3.05, 3.63) is 164 Å². The van der Waals surface area contributed by atoms with E-state index in [0.717, 1.165) is 81.5 Å². The minimum Gasteiger partial charge on any atom is -0.456 e. The standard InChI is InChI=1S/C46H27N5OS/c1-3-14-28(15-4-1)43-48-44(33-21-13-27-39-40(33)32-18-7-10-26-38(32)52-39)50-45(49-43)34-22-11-19-30-31-20-12-23-35(42(31)53-41(30)34)46-47-36-24-8-9-25-37(36)51(46)29-16-5-2-6-17-29/h1-27H. The van der Waals surface area contributed by atoms with Crippen molar-refractivity contribution in [3.8, 4) is 51.2 Å². The molecule has 0 N–H and O–H groups in total. The molecule has 0 saturated heterocycles. The number of hydrogen-bond acceptors (Lipinski definition) is 6. The highest BCUT2D eigenvalue weighted by Gasteiger charge is 2.22. The maximum absolute atomic E-state index is 6.26. The van der Waals surface area contributed by atoms with Gasteiger partial charge >= 0.3 is 0 Å². The van der Waals surface area contributed by atoms with Crippen molar-refractivity contribution in [1.29, 1.82) is 0 Å². The number of rotatable bonds is 5. The predicted octanol–water partition coefficient (Wildman–Crippen LogP) is 12.1. The highest BCUT2D eigenvalue weighted by atomic mass is 32.1. The molecular formula is C46H27N5OS. The van der Waals surface area contributed by atoms with Gasteiger partial charge in [0.1, 0.15) is 17.0 Å². The number of fused-ring (bicyclic) bond motifs is 7. The summed E-state index contributed by atoms with van der Waals surface area (Å²) < 4.78 is 10.8. The van der Waals surface area contributed by atoms with E-state index in [2.05, 4.69) is 95.6 Å². The van der Waals surface area contributed by atoms with Crippen molar-refractivity contribution in [3.63, 3.8) is 0 Å². The molecule has 4 heterocycles. The van der Waals surface area contributed by atoms with Gasteiger partial charge in [0, 0.05) is 58.9 Å². The Hall–Kier alpha value is -6.96. The van der Waals surface area contributed by atoms with Crippen LogP contribution >= 0.6 is 11.3 Å². The Balaban J connectivity index is 1.16. The van der Waals surface area contributed by atoms with E-state index in [1.807, 2.05) is 72.8 Å². The van der Waals surface area contributed by atoms with Gasteiger partial charge in [0.05, 0.1) is 11.0 Å². The summed E-state index contributed by atoms with van der Waals surface area (Å²) >= 11 is 1.76. The Morgan fingerprint density at radius 1 is 0.434 bits per heavy atom. The molecule has 11 aromatic rings. The van der Waals surface area contributed by atoms with E-state index in [1.54, 1.807) is 11.3 Å². The van der Waals surface area contributed by atoms with Gasteiger partial charge in [0.15, 0.2) is 17.5 Å². The Bertz CT molecular complexity index is 3180. The summed E-state index contributed by atoms with van der Waals surface area (Å²) in [4.78, 5) is 20.7. The molecule has 0 radical (unpaired) electrons. The number of thiophene rings is 1. The first kappa shape index (κ1) is 29.7. The minimum atomic E-state index is 0.599. The first-order chi connectivity index (χ1) is 26.3. The normalized spacial score (nSPS) is 11.8. The van der Waals surface area contributed by atoms with Crippen LogP contribution in [-0.2, 0) is 0 Å². The van der Waals surface area contributed by atoms with Gasteiger partial charge in [-0.15, -0.1) is 11.3 Å². The van der Waals surface area contributed by atoms with Crippen LogP contribution in [0.15, 0.2) is 168 Å². The molecule has 0 atom stereocenters. The molecule has 4 aromatic heterocycles. The Morgan fingerprint density at radius 3 is 1.85 bits per heavy atom. The van der Waals surface area contributed by atoms with Crippen LogP contribution in [0.25, 0.3) is 104 Å². The second-order valence-electron chi connectivity index (χ2n) is 13.0. The van der Waals surface area contributed by atoms with Crippen molar-refractivity contribution >= 4 is 64.5 Å². The number of hydrogen-bond donors (Lipinski definition) is 0. The molecule has 11 rings (SSSR count). The van der Waals surface area contributed by atoms with Crippen molar-refractivity contribution in [2.75, 3.05) is 0 Å². The van der Waals surface area contributed by atoms with Crippen LogP contribution in [0.4, 0.5) is 0 Å². The Labute approximate surface area is 307 Å². The first-order valence-corrected chi connectivity index (χ1v) is 18.3. The molecule has 0 saturated carbocycles. The zero-order valence-corrected chi connectivity index (χ0v) is 29.0. The molecule has 0 unspecified atom stereocenters. The van der Waals surface area contributed by atoms with E-state index in [4.69, 9.17) is 24.4 Å². The van der Waals surface area contributed by atoms with Crippen molar-refractivity contribution in [2.24, 2.45) is 0 Å². The summed E-state index contributed by atoms with van der Waals surface area (Å²) in [6, 6.07) is 56.0. The first-order valence-electron chi connectivity index (χ1n) is 17.5. The van der Waals surface area contributed by atoms with Gasteiger partial charge in [0.2, 0.25) is 0 Å². The van der Waals surface area contributed by atoms with Gasteiger partial charge in [-0.3, -0.25) is 4.57 Å². The number of aromatic nitrogens is 5. The molecule has 0 aliphatic heterocycles. The second-order valence-corrected chi connectivity index (χ2v) is 14.0. The summed E-state index contributed by atoms with van der Waals surface area (Å²) in [6.45, 7) is 0. The van der Waals surface area contributed by atoms with Crippen LogP contribution in [-0.4, -0.2) is 24.5 Å². The topological polar surface area (TPSA) is 69.6 Å². The van der Waals surface area contributed by atoms with E-state index in [1.165, 1.54) is 5.39 Å². The van der Waals surface area contributed by atoms with Crippen LogP contribution in [0.2, 0.25) is 0 Å². The van der Waals surface area contributed by atoms with Gasteiger partial charge in [-0.25, -0.2) is 19.9 Å². The summed E-state index contributed by atoms with van der Waals surface area (Å²) in [5, 5.41) is 4.34. The molecule has 0 bridgehead atoms. The smallest absolute Gasteiger partial charge is 0.165 e. The van der Waals surface area contributed by atoms with Gasteiger partial charge < -0.3 is 4.42 Å². The molecule has 0 aliphatic carbocycles. The van der Waals surface area contributed by atoms with Gasteiger partial charge in [0.25, 0.3) is 0 Å². The molecular weight excluding hydrogens is 671 g/mol. The molecule has 7 aromatic carbocycles. The van der Waals surface area contributed by atoms with Gasteiger partial charge in [-0.2, -0.15) is 0 Å². The summed E-state index contributed by atoms with van der Waals surface area (Å²) in [5.41, 5.74) is 8.58. The SMILES string of the molecule is c1ccc(-c2nc(-c3cccc4c3sc3c(-c5nc6ccccc6n5-c5ccccc5)cccc34)nc(-c3cccc4oc5ccccc5c34)n2)cc1. The second kappa shape index (κ2) is 11.8. The molecule has 0 spiro atoms. The maximum Gasteiger partial charge on any atom is 0.165 e. The number of benzene rings is 7. The zero-order chi connectivity index (χ0) is 34.9. The lowest BCUT2D eigenvalue weighted by Crippen LogP contribution is -2.00. The number of imidazole rings is 1. The third-order valence-electron chi connectivity index (χ3n) is 9.89. The van der Waals surface area contributed by atoms with Crippen LogP contribution in [0.3, 0.4) is 0 Å².